The molecule has 0 amide bonds. The van der Waals surface area contributed by atoms with Crippen molar-refractivity contribution in [1.29, 1.82) is 0 Å². The van der Waals surface area contributed by atoms with Crippen LogP contribution in [0.15, 0.2) is 33.2 Å². The van der Waals surface area contributed by atoms with Crippen LogP contribution in [0.4, 0.5) is 5.69 Å². The molecule has 1 N–H and O–H groups in total. The summed E-state index contributed by atoms with van der Waals surface area (Å²) in [6.45, 7) is 0. The highest BCUT2D eigenvalue weighted by atomic mass is 79.9. The topological polar surface area (TPSA) is 12.0 Å². The van der Waals surface area contributed by atoms with Crippen LogP contribution in [0.1, 0.15) is 22.9 Å². The second kappa shape index (κ2) is 5.16. The van der Waals surface area contributed by atoms with E-state index in [9.17, 15) is 0 Å². The van der Waals surface area contributed by atoms with E-state index in [1.54, 1.807) is 11.3 Å². The average Bonchev–Trinajstić information content (AvgIpc) is 2.84. The maximum atomic E-state index is 6.08. The van der Waals surface area contributed by atoms with Crippen LogP contribution in [0.25, 0.3) is 0 Å². The van der Waals surface area contributed by atoms with Gasteiger partial charge >= 0.3 is 0 Å². The van der Waals surface area contributed by atoms with Gasteiger partial charge in [0.25, 0.3) is 0 Å². The molecular formula is C13H10Br2ClNS. The highest BCUT2D eigenvalue weighted by Crippen LogP contribution is 2.42. The van der Waals surface area contributed by atoms with E-state index in [1.165, 1.54) is 10.4 Å². The van der Waals surface area contributed by atoms with Crippen LogP contribution >= 0.6 is 54.8 Å². The SMILES string of the molecule is Clc1cc2c(s1)CCC2Nc1c(Br)cccc1Br. The highest BCUT2D eigenvalue weighted by molar-refractivity contribution is 9.11. The predicted octanol–water partition coefficient (Wildman–Crippen LogP) is 6.03. The van der Waals surface area contributed by atoms with Gasteiger partial charge in [-0.05, 0) is 68.5 Å². The number of benzene rings is 1. The van der Waals surface area contributed by atoms with E-state index >= 15 is 0 Å². The van der Waals surface area contributed by atoms with E-state index in [0.717, 1.165) is 31.8 Å². The molecular weight excluding hydrogens is 397 g/mol. The summed E-state index contributed by atoms with van der Waals surface area (Å²) in [7, 11) is 0. The Morgan fingerprint density at radius 1 is 1.28 bits per heavy atom. The fraction of sp³-hybridized carbons (Fsp3) is 0.231. The average molecular weight is 408 g/mol. The maximum Gasteiger partial charge on any atom is 0.0934 e. The lowest BCUT2D eigenvalue weighted by Crippen LogP contribution is -2.07. The molecule has 1 atom stereocenters. The van der Waals surface area contributed by atoms with Gasteiger partial charge in [-0.25, -0.2) is 0 Å². The Bertz CT molecular complexity index is 576. The van der Waals surface area contributed by atoms with E-state index in [4.69, 9.17) is 11.6 Å². The van der Waals surface area contributed by atoms with Crippen molar-refractivity contribution in [3.05, 3.63) is 48.0 Å². The van der Waals surface area contributed by atoms with Gasteiger partial charge in [0.15, 0.2) is 0 Å². The van der Waals surface area contributed by atoms with Crippen LogP contribution in [0.5, 0.6) is 0 Å². The van der Waals surface area contributed by atoms with Crippen LogP contribution < -0.4 is 5.32 Å². The third-order valence-corrected chi connectivity index (χ3v) is 5.79. The van der Waals surface area contributed by atoms with Crippen LogP contribution in [0.3, 0.4) is 0 Å². The normalized spacial score (nSPS) is 17.8. The number of hydrogen-bond acceptors (Lipinski definition) is 2. The second-order valence-electron chi connectivity index (χ2n) is 4.26. The smallest absolute Gasteiger partial charge is 0.0934 e. The van der Waals surface area contributed by atoms with Crippen molar-refractivity contribution in [1.82, 2.24) is 0 Å². The number of rotatable bonds is 2. The summed E-state index contributed by atoms with van der Waals surface area (Å²) in [5.74, 6) is 0. The molecule has 1 unspecified atom stereocenters. The zero-order chi connectivity index (χ0) is 12.7. The maximum absolute atomic E-state index is 6.08. The summed E-state index contributed by atoms with van der Waals surface area (Å²) in [5, 5.41) is 3.60. The van der Waals surface area contributed by atoms with Gasteiger partial charge in [-0.15, -0.1) is 11.3 Å². The zero-order valence-corrected chi connectivity index (χ0v) is 14.1. The minimum absolute atomic E-state index is 0.360. The summed E-state index contributed by atoms with van der Waals surface area (Å²) in [6.07, 6.45) is 2.25. The quantitative estimate of drug-likeness (QED) is 0.641. The number of nitrogens with one attached hydrogen (secondary N) is 1. The van der Waals surface area contributed by atoms with E-state index in [2.05, 4.69) is 43.2 Å². The van der Waals surface area contributed by atoms with Crippen molar-refractivity contribution in [2.45, 2.75) is 18.9 Å². The summed E-state index contributed by atoms with van der Waals surface area (Å²) >= 11 is 15.0. The van der Waals surface area contributed by atoms with E-state index in [1.807, 2.05) is 18.2 Å². The molecule has 1 nitrogen and oxygen atoms in total. The Morgan fingerprint density at radius 2 is 2.00 bits per heavy atom. The number of aryl methyl sites for hydroxylation is 1. The number of anilines is 1. The summed E-state index contributed by atoms with van der Waals surface area (Å²) in [4.78, 5) is 1.42. The Labute approximate surface area is 132 Å². The van der Waals surface area contributed by atoms with Crippen LogP contribution in [0, 0.1) is 0 Å². The molecule has 2 aromatic rings. The number of hydrogen-bond donors (Lipinski definition) is 1. The third kappa shape index (κ3) is 2.36. The Kier molecular flexibility index (Phi) is 3.72. The van der Waals surface area contributed by atoms with Crippen LogP contribution in [-0.2, 0) is 6.42 Å². The number of halogens is 3. The van der Waals surface area contributed by atoms with E-state index in [-0.39, 0.29) is 0 Å². The fourth-order valence-corrected chi connectivity index (χ4v) is 4.87. The fourth-order valence-electron chi connectivity index (χ4n) is 2.29. The molecule has 0 fully saturated rings. The molecule has 18 heavy (non-hydrogen) atoms. The molecule has 1 aromatic carbocycles. The molecule has 1 aliphatic rings. The zero-order valence-electron chi connectivity index (χ0n) is 9.34. The van der Waals surface area contributed by atoms with Crippen molar-refractivity contribution >= 4 is 60.5 Å². The van der Waals surface area contributed by atoms with Crippen molar-refractivity contribution in [3.63, 3.8) is 0 Å². The second-order valence-corrected chi connectivity index (χ2v) is 7.74. The molecule has 0 saturated carbocycles. The third-order valence-electron chi connectivity index (χ3n) is 3.13. The number of para-hydroxylation sites is 1. The van der Waals surface area contributed by atoms with Crippen molar-refractivity contribution in [2.75, 3.05) is 5.32 Å². The highest BCUT2D eigenvalue weighted by Gasteiger charge is 2.25. The lowest BCUT2D eigenvalue weighted by molar-refractivity contribution is 0.761. The van der Waals surface area contributed by atoms with Gasteiger partial charge in [-0.2, -0.15) is 0 Å². The predicted molar refractivity (Wildman–Crippen MR) is 85.9 cm³/mol. The lowest BCUT2D eigenvalue weighted by atomic mass is 10.1. The van der Waals surface area contributed by atoms with Crippen LogP contribution in [0.2, 0.25) is 4.34 Å². The van der Waals surface area contributed by atoms with Gasteiger partial charge in [0, 0.05) is 13.8 Å². The molecule has 0 spiro atoms. The first-order valence-electron chi connectivity index (χ1n) is 5.64. The van der Waals surface area contributed by atoms with Crippen LogP contribution in [-0.4, -0.2) is 0 Å². The number of fused-ring (bicyclic) bond motifs is 1. The molecule has 5 heteroatoms. The van der Waals surface area contributed by atoms with Crippen molar-refractivity contribution in [2.24, 2.45) is 0 Å². The minimum Gasteiger partial charge on any atom is -0.376 e. The molecule has 1 aromatic heterocycles. The number of thiophene rings is 1. The van der Waals surface area contributed by atoms with Gasteiger partial charge in [0.2, 0.25) is 0 Å². The molecule has 94 valence electrons. The summed E-state index contributed by atoms with van der Waals surface area (Å²) in [6, 6.07) is 8.56. The molecule has 3 rings (SSSR count). The van der Waals surface area contributed by atoms with Crippen molar-refractivity contribution in [3.8, 4) is 0 Å². The Hall–Kier alpha value is -0.0300. The first kappa shape index (κ1) is 13.0. The Morgan fingerprint density at radius 3 is 2.72 bits per heavy atom. The van der Waals surface area contributed by atoms with E-state index < -0.39 is 0 Å². The molecule has 1 aliphatic carbocycles. The minimum atomic E-state index is 0.360. The standard InChI is InChI=1S/C13H10Br2ClNS/c14-8-2-1-3-9(15)13(8)17-10-4-5-11-7(10)6-12(16)18-11/h1-3,6,10,17H,4-5H2. The van der Waals surface area contributed by atoms with Gasteiger partial charge in [0.05, 0.1) is 16.1 Å². The van der Waals surface area contributed by atoms with Crippen molar-refractivity contribution < 1.29 is 0 Å². The van der Waals surface area contributed by atoms with Gasteiger partial charge in [0.1, 0.15) is 0 Å². The molecule has 0 aliphatic heterocycles. The largest absolute Gasteiger partial charge is 0.376 e. The summed E-state index contributed by atoms with van der Waals surface area (Å²) < 4.78 is 3.04. The first-order valence-corrected chi connectivity index (χ1v) is 8.42. The monoisotopic (exact) mass is 405 g/mol. The van der Waals surface area contributed by atoms with Gasteiger partial charge in [-0.3, -0.25) is 0 Å². The Balaban J connectivity index is 1.90. The molecule has 0 bridgehead atoms. The lowest BCUT2D eigenvalue weighted by Gasteiger charge is -2.17. The molecule has 1 heterocycles. The van der Waals surface area contributed by atoms with Gasteiger partial charge < -0.3 is 5.32 Å². The molecule has 0 radical (unpaired) electrons. The van der Waals surface area contributed by atoms with E-state index in [0.29, 0.717) is 6.04 Å². The molecule has 0 saturated heterocycles. The first-order chi connectivity index (χ1) is 8.65. The van der Waals surface area contributed by atoms with Gasteiger partial charge in [-0.1, -0.05) is 17.7 Å². The summed E-state index contributed by atoms with van der Waals surface area (Å²) in [5.41, 5.74) is 2.46.